The van der Waals surface area contributed by atoms with Crippen molar-refractivity contribution in [2.45, 2.75) is 64.0 Å². The summed E-state index contributed by atoms with van der Waals surface area (Å²) in [4.78, 5) is 29.7. The fraction of sp³-hybridized carbons (Fsp3) is 0.923. The van der Waals surface area contributed by atoms with E-state index in [0.29, 0.717) is 32.1 Å². The van der Waals surface area contributed by atoms with Crippen LogP contribution < -0.4 is 0 Å². The minimum Gasteiger partial charge on any atom is -0.464 e. The number of nitrogens with zero attached hydrogens (tertiary/aromatic N) is 2. The molecule has 3 heterocycles. The average Bonchev–Trinajstić information content (AvgIpc) is 3.71. The molecule has 38 heavy (non-hydrogen) atoms. The van der Waals surface area contributed by atoms with Gasteiger partial charge in [-0.05, 0) is 64.1 Å². The molecule has 0 N–H and O–H groups in total. The molecule has 1 atom stereocenters. The number of hydrogen-bond acceptors (Lipinski definition) is 12. The van der Waals surface area contributed by atoms with Crippen molar-refractivity contribution in [2.24, 2.45) is 11.8 Å². The Morgan fingerprint density at radius 2 is 1.21 bits per heavy atom. The summed E-state index contributed by atoms with van der Waals surface area (Å²) in [5, 5.41) is 0. The molecule has 0 aliphatic carbocycles. The number of ether oxygens (including phenoxy) is 2. The molecule has 0 radical (unpaired) electrons. The van der Waals surface area contributed by atoms with Gasteiger partial charge < -0.3 is 14.4 Å². The first-order valence-electron chi connectivity index (χ1n) is 14.0. The van der Waals surface area contributed by atoms with Gasteiger partial charge in [0.05, 0.1) is 12.5 Å². The van der Waals surface area contributed by atoms with Crippen molar-refractivity contribution in [3.8, 4) is 0 Å². The van der Waals surface area contributed by atoms with Gasteiger partial charge in [0.25, 0.3) is 0 Å². The van der Waals surface area contributed by atoms with Crippen LogP contribution in [0, 0.1) is 11.8 Å². The molecule has 1 unspecified atom stereocenters. The lowest BCUT2D eigenvalue weighted by molar-refractivity contribution is -0.150. The van der Waals surface area contributed by atoms with Crippen molar-refractivity contribution in [3.63, 3.8) is 0 Å². The molecular weight excluding hydrogens is 597 g/mol. The van der Waals surface area contributed by atoms with E-state index in [1.54, 1.807) is 0 Å². The molecule has 0 aromatic carbocycles. The van der Waals surface area contributed by atoms with E-state index in [1.807, 2.05) is 71.7 Å². The molecule has 3 aliphatic rings. The molecule has 3 rings (SSSR count). The maximum atomic E-state index is 12.7. The van der Waals surface area contributed by atoms with E-state index in [9.17, 15) is 9.59 Å². The zero-order valence-corrected chi connectivity index (χ0v) is 27.9. The summed E-state index contributed by atoms with van der Waals surface area (Å²) in [7, 11) is 13.9. The third-order valence-electron chi connectivity index (χ3n) is 7.24. The van der Waals surface area contributed by atoms with Gasteiger partial charge in [-0.25, -0.2) is 0 Å². The zero-order valence-electron chi connectivity index (χ0n) is 23.0. The molecule has 3 saturated heterocycles. The van der Waals surface area contributed by atoms with Gasteiger partial charge in [0.2, 0.25) is 0 Å². The smallest absolute Gasteiger partial charge is 0.307 e. The van der Waals surface area contributed by atoms with E-state index in [-0.39, 0.29) is 18.0 Å². The quantitative estimate of drug-likeness (QED) is 0.119. The predicted octanol–water partition coefficient (Wildman–Crippen LogP) is 6.21. The van der Waals surface area contributed by atoms with Crippen molar-refractivity contribution in [1.29, 1.82) is 0 Å². The Morgan fingerprint density at radius 3 is 1.71 bits per heavy atom. The maximum absolute atomic E-state index is 12.7. The molecule has 0 spiro atoms. The Balaban J connectivity index is 1.52. The third kappa shape index (κ3) is 13.3. The van der Waals surface area contributed by atoms with Crippen LogP contribution in [0.25, 0.3) is 0 Å². The highest BCUT2D eigenvalue weighted by Crippen LogP contribution is 2.37. The van der Waals surface area contributed by atoms with E-state index in [2.05, 4.69) is 16.8 Å². The highest BCUT2D eigenvalue weighted by Gasteiger charge is 2.25. The first-order valence-corrected chi connectivity index (χ1v) is 21.5. The summed E-state index contributed by atoms with van der Waals surface area (Å²) in [6.45, 7) is 5.24. The Hall–Kier alpha value is 0.960. The molecule has 0 amide bonds. The topological polar surface area (TPSA) is 59.1 Å². The van der Waals surface area contributed by atoms with Gasteiger partial charge in [-0.2, -0.15) is 0 Å². The Kier molecular flexibility index (Phi) is 17.6. The molecule has 3 fully saturated rings. The summed E-state index contributed by atoms with van der Waals surface area (Å²) in [5.41, 5.74) is 0. The molecule has 0 aromatic heterocycles. The van der Waals surface area contributed by atoms with Crippen molar-refractivity contribution in [2.75, 3.05) is 74.4 Å². The summed E-state index contributed by atoms with van der Waals surface area (Å²) < 4.78 is 11.5. The van der Waals surface area contributed by atoms with E-state index in [4.69, 9.17) is 9.47 Å². The second-order valence-electron chi connectivity index (χ2n) is 10.4. The largest absolute Gasteiger partial charge is 0.464 e. The van der Waals surface area contributed by atoms with Crippen molar-refractivity contribution < 1.29 is 19.1 Å². The predicted molar refractivity (Wildman–Crippen MR) is 173 cm³/mol. The number of esters is 2. The minimum absolute atomic E-state index is 0.0835. The lowest BCUT2D eigenvalue weighted by Crippen LogP contribution is -2.44. The fourth-order valence-corrected chi connectivity index (χ4v) is 13.6. The van der Waals surface area contributed by atoms with Crippen LogP contribution in [0.5, 0.6) is 0 Å². The molecule has 0 saturated carbocycles. The Labute approximate surface area is 254 Å². The monoisotopic (exact) mass is 642 g/mol. The van der Waals surface area contributed by atoms with Crippen LogP contribution in [0.3, 0.4) is 0 Å². The van der Waals surface area contributed by atoms with Gasteiger partial charge in [0.15, 0.2) is 0 Å². The second kappa shape index (κ2) is 20.0. The van der Waals surface area contributed by atoms with Crippen molar-refractivity contribution in [1.82, 2.24) is 9.80 Å². The zero-order chi connectivity index (χ0) is 27.0. The molecule has 6 nitrogen and oxygen atoms in total. The molecule has 0 bridgehead atoms. The average molecular weight is 643 g/mol. The van der Waals surface area contributed by atoms with Crippen LogP contribution in [-0.4, -0.2) is 108 Å². The normalized spacial score (nSPS) is 20.1. The van der Waals surface area contributed by atoms with Gasteiger partial charge in [-0.1, -0.05) is 71.7 Å². The summed E-state index contributed by atoms with van der Waals surface area (Å²) in [6, 6.07) is 0.451. The molecule has 0 aromatic rings. The highest BCUT2D eigenvalue weighted by atomic mass is 33.1. The summed E-state index contributed by atoms with van der Waals surface area (Å²) in [6.07, 6.45) is 6.36. The van der Waals surface area contributed by atoms with Crippen LogP contribution in [0.2, 0.25) is 0 Å². The van der Waals surface area contributed by atoms with Crippen LogP contribution in [0.15, 0.2) is 0 Å². The first-order chi connectivity index (χ1) is 18.5. The van der Waals surface area contributed by atoms with E-state index < -0.39 is 0 Å². The fourth-order valence-electron chi connectivity index (χ4n) is 4.64. The number of hydrogen-bond donors (Lipinski definition) is 0. The van der Waals surface area contributed by atoms with E-state index >= 15 is 0 Å². The number of carbonyl (C=O) groups excluding carboxylic acids is 2. The SMILES string of the molecule is CCCC(=O)OCC(COC(=O)CCN(C)C1CSSC1)N(CCCC1CSSC1)CCCC1CSSC1. The molecular formula is C26H46N2O4S6. The van der Waals surface area contributed by atoms with Crippen LogP contribution in [0.1, 0.15) is 51.9 Å². The van der Waals surface area contributed by atoms with Gasteiger partial charge >= 0.3 is 11.9 Å². The van der Waals surface area contributed by atoms with Gasteiger partial charge in [-0.3, -0.25) is 14.5 Å². The van der Waals surface area contributed by atoms with Crippen LogP contribution in [-0.2, 0) is 19.1 Å². The second-order valence-corrected chi connectivity index (χ2v) is 18.1. The Bertz CT molecular complexity index is 654. The summed E-state index contributed by atoms with van der Waals surface area (Å²) in [5.74, 6) is 8.54. The van der Waals surface area contributed by atoms with Crippen LogP contribution in [0.4, 0.5) is 0 Å². The molecule has 3 aliphatic heterocycles. The maximum Gasteiger partial charge on any atom is 0.307 e. The van der Waals surface area contributed by atoms with Crippen LogP contribution >= 0.6 is 64.8 Å². The third-order valence-corrected chi connectivity index (χ3v) is 15.2. The standard InChI is InChI=1S/C26H46N2O4S6/c1-3-6-25(29)31-13-23(14-32-26(30)9-12-27(2)24-19-37-38-20-24)28(10-4-7-21-15-33-34-16-21)11-5-8-22-17-35-36-18-22/h21-24H,3-20H2,1-2H3. The Morgan fingerprint density at radius 1 is 0.737 bits per heavy atom. The highest BCUT2D eigenvalue weighted by molar-refractivity contribution is 8.77. The van der Waals surface area contributed by atoms with Crippen molar-refractivity contribution in [3.05, 3.63) is 0 Å². The first kappa shape index (κ1) is 33.5. The van der Waals surface area contributed by atoms with Gasteiger partial charge in [-0.15, -0.1) is 0 Å². The van der Waals surface area contributed by atoms with Gasteiger partial charge in [0, 0.05) is 53.5 Å². The number of carbonyl (C=O) groups is 2. The van der Waals surface area contributed by atoms with E-state index in [0.717, 1.165) is 62.2 Å². The molecule has 12 heteroatoms. The lowest BCUT2D eigenvalue weighted by Gasteiger charge is -2.32. The van der Waals surface area contributed by atoms with E-state index in [1.165, 1.54) is 35.9 Å². The van der Waals surface area contributed by atoms with Gasteiger partial charge in [0.1, 0.15) is 13.2 Å². The molecule has 220 valence electrons. The summed E-state index contributed by atoms with van der Waals surface area (Å²) >= 11 is 0. The lowest BCUT2D eigenvalue weighted by atomic mass is 10.1. The van der Waals surface area contributed by atoms with Crippen molar-refractivity contribution >= 4 is 76.7 Å². The minimum atomic E-state index is -0.155. The number of rotatable bonds is 19.